The van der Waals surface area contributed by atoms with Gasteiger partial charge in [-0.05, 0) is 6.42 Å². The lowest BCUT2D eigenvalue weighted by Gasteiger charge is -1.93. The van der Waals surface area contributed by atoms with Crippen LogP contribution in [0, 0.1) is 0 Å². The molecule has 5 heteroatoms. The van der Waals surface area contributed by atoms with Gasteiger partial charge in [0.1, 0.15) is 0 Å². The Morgan fingerprint density at radius 2 is 1.86 bits per heavy atom. The molecule has 0 radical (unpaired) electrons. The Hall–Kier alpha value is -1.65. The van der Waals surface area contributed by atoms with Crippen LogP contribution in [-0.2, 0) is 19.1 Å². The smallest absolute Gasteiger partial charge is 0.302 e. The summed E-state index contributed by atoms with van der Waals surface area (Å²) in [6, 6.07) is 0. The Morgan fingerprint density at radius 3 is 2.00 bits per heavy atom. The number of carbonyl (C=O) groups is 3. The summed E-state index contributed by atoms with van der Waals surface area (Å²) in [5.74, 6) is -0.850. The molecule has 0 atom stereocenters. The number of ether oxygens (including phenoxy) is 1. The van der Waals surface area contributed by atoms with Crippen LogP contribution in [0.2, 0.25) is 0 Å². The van der Waals surface area contributed by atoms with Crippen LogP contribution in [0.25, 0.3) is 0 Å². The van der Waals surface area contributed by atoms with Gasteiger partial charge < -0.3 is 4.74 Å². The Balaban J connectivity index is 0.000000241. The SMILES string of the molecule is CCCOC(C)=O.O=C1C=CC(=O)N1. The summed E-state index contributed by atoms with van der Waals surface area (Å²) in [4.78, 5) is 30.0. The summed E-state index contributed by atoms with van der Waals surface area (Å²) in [5.41, 5.74) is 0. The lowest BCUT2D eigenvalue weighted by molar-refractivity contribution is -0.141. The highest BCUT2D eigenvalue weighted by molar-refractivity contribution is 6.12. The van der Waals surface area contributed by atoms with Crippen LogP contribution in [0.15, 0.2) is 12.2 Å². The van der Waals surface area contributed by atoms with Crippen molar-refractivity contribution < 1.29 is 19.1 Å². The number of amides is 2. The van der Waals surface area contributed by atoms with Gasteiger partial charge in [-0.15, -0.1) is 0 Å². The molecular weight excluding hydrogens is 186 g/mol. The number of hydrogen-bond acceptors (Lipinski definition) is 4. The standard InChI is InChI=1S/C5H10O2.C4H3NO2/c1-3-4-7-5(2)6;6-3-1-2-4(7)5-3/h3-4H2,1-2H3;1-2H,(H,5,6,7). The number of rotatable bonds is 2. The van der Waals surface area contributed by atoms with Crippen LogP contribution >= 0.6 is 0 Å². The van der Waals surface area contributed by atoms with E-state index in [2.05, 4.69) is 4.74 Å². The maximum absolute atomic E-state index is 10.0. The van der Waals surface area contributed by atoms with Gasteiger partial charge >= 0.3 is 5.97 Å². The van der Waals surface area contributed by atoms with Crippen molar-refractivity contribution in [3.8, 4) is 0 Å². The number of imide groups is 1. The molecule has 1 aliphatic heterocycles. The van der Waals surface area contributed by atoms with Gasteiger partial charge in [-0.2, -0.15) is 0 Å². The van der Waals surface area contributed by atoms with E-state index in [-0.39, 0.29) is 17.8 Å². The van der Waals surface area contributed by atoms with E-state index in [1.54, 1.807) is 0 Å². The molecule has 1 aliphatic rings. The van der Waals surface area contributed by atoms with E-state index in [0.29, 0.717) is 6.61 Å². The first kappa shape index (κ1) is 12.3. The Kier molecular flexibility index (Phi) is 6.02. The van der Waals surface area contributed by atoms with Crippen molar-refractivity contribution in [1.82, 2.24) is 5.32 Å². The summed E-state index contributed by atoms with van der Waals surface area (Å²) >= 11 is 0. The molecule has 5 nitrogen and oxygen atoms in total. The van der Waals surface area contributed by atoms with Gasteiger partial charge in [0, 0.05) is 19.1 Å². The minimum absolute atomic E-state index is 0.193. The highest BCUT2D eigenvalue weighted by atomic mass is 16.5. The van der Waals surface area contributed by atoms with Crippen molar-refractivity contribution in [2.45, 2.75) is 20.3 Å². The fourth-order valence-corrected chi connectivity index (χ4v) is 0.602. The lowest BCUT2D eigenvalue weighted by atomic mass is 10.5. The van der Waals surface area contributed by atoms with Crippen molar-refractivity contribution in [3.63, 3.8) is 0 Å². The molecule has 14 heavy (non-hydrogen) atoms. The summed E-state index contributed by atoms with van der Waals surface area (Å²) in [6.45, 7) is 3.92. The summed E-state index contributed by atoms with van der Waals surface area (Å²) in [7, 11) is 0. The normalized spacial score (nSPS) is 13.0. The first-order chi connectivity index (χ1) is 6.56. The van der Waals surface area contributed by atoms with Gasteiger partial charge in [-0.3, -0.25) is 19.7 Å². The lowest BCUT2D eigenvalue weighted by Crippen LogP contribution is -2.19. The molecule has 0 saturated carbocycles. The molecule has 0 aromatic heterocycles. The highest BCUT2D eigenvalue weighted by Gasteiger charge is 2.06. The van der Waals surface area contributed by atoms with E-state index in [1.165, 1.54) is 19.1 Å². The summed E-state index contributed by atoms with van der Waals surface area (Å²) < 4.78 is 4.55. The largest absolute Gasteiger partial charge is 0.466 e. The van der Waals surface area contributed by atoms with Gasteiger partial charge in [0.15, 0.2) is 0 Å². The molecule has 78 valence electrons. The van der Waals surface area contributed by atoms with Gasteiger partial charge in [-0.1, -0.05) is 6.92 Å². The van der Waals surface area contributed by atoms with Crippen molar-refractivity contribution in [2.75, 3.05) is 6.61 Å². The van der Waals surface area contributed by atoms with Crippen LogP contribution in [-0.4, -0.2) is 24.4 Å². The van der Waals surface area contributed by atoms with E-state index in [1.807, 2.05) is 12.2 Å². The molecule has 0 spiro atoms. The number of esters is 1. The topological polar surface area (TPSA) is 72.5 Å². The quantitative estimate of drug-likeness (QED) is 0.508. The first-order valence-corrected chi connectivity index (χ1v) is 4.22. The van der Waals surface area contributed by atoms with Crippen LogP contribution < -0.4 is 5.32 Å². The van der Waals surface area contributed by atoms with Gasteiger partial charge in [0.2, 0.25) is 0 Å². The fraction of sp³-hybridized carbons (Fsp3) is 0.444. The maximum Gasteiger partial charge on any atom is 0.302 e. The molecule has 1 heterocycles. The second-order valence-electron chi connectivity index (χ2n) is 2.53. The maximum atomic E-state index is 10.0. The van der Waals surface area contributed by atoms with Crippen LogP contribution in [0.1, 0.15) is 20.3 Å². The molecule has 2 amide bonds. The number of hydrogen-bond donors (Lipinski definition) is 1. The average Bonchev–Trinajstić information content (AvgIpc) is 2.47. The van der Waals surface area contributed by atoms with Gasteiger partial charge in [0.25, 0.3) is 11.8 Å². The number of carbonyl (C=O) groups excluding carboxylic acids is 3. The van der Waals surface area contributed by atoms with E-state index in [9.17, 15) is 14.4 Å². The third-order valence-corrected chi connectivity index (χ3v) is 1.14. The van der Waals surface area contributed by atoms with Crippen LogP contribution in [0.5, 0.6) is 0 Å². The zero-order valence-electron chi connectivity index (χ0n) is 8.20. The molecule has 0 aliphatic carbocycles. The molecule has 1 N–H and O–H groups in total. The molecule has 0 aromatic rings. The summed E-state index contributed by atoms with van der Waals surface area (Å²) in [6.07, 6.45) is 3.30. The van der Waals surface area contributed by atoms with Crippen LogP contribution in [0.3, 0.4) is 0 Å². The Labute approximate surface area is 82.1 Å². The second-order valence-corrected chi connectivity index (χ2v) is 2.53. The van der Waals surface area contributed by atoms with Crippen molar-refractivity contribution >= 4 is 17.8 Å². The Morgan fingerprint density at radius 1 is 1.36 bits per heavy atom. The molecule has 0 aromatic carbocycles. The molecule has 0 bridgehead atoms. The zero-order chi connectivity index (χ0) is 11.0. The monoisotopic (exact) mass is 199 g/mol. The van der Waals surface area contributed by atoms with E-state index < -0.39 is 0 Å². The van der Waals surface area contributed by atoms with Crippen molar-refractivity contribution in [2.24, 2.45) is 0 Å². The van der Waals surface area contributed by atoms with Crippen molar-refractivity contribution in [1.29, 1.82) is 0 Å². The average molecular weight is 199 g/mol. The molecule has 0 fully saturated rings. The molecular formula is C9H13NO4. The fourth-order valence-electron chi connectivity index (χ4n) is 0.602. The van der Waals surface area contributed by atoms with Crippen molar-refractivity contribution in [3.05, 3.63) is 12.2 Å². The van der Waals surface area contributed by atoms with Gasteiger partial charge in [0.05, 0.1) is 6.61 Å². The van der Waals surface area contributed by atoms with Crippen LogP contribution in [0.4, 0.5) is 0 Å². The summed E-state index contributed by atoms with van der Waals surface area (Å²) in [5, 5.41) is 2.03. The minimum atomic E-state index is -0.329. The minimum Gasteiger partial charge on any atom is -0.466 e. The first-order valence-electron chi connectivity index (χ1n) is 4.22. The Bertz CT molecular complexity index is 242. The number of nitrogens with one attached hydrogen (secondary N) is 1. The third-order valence-electron chi connectivity index (χ3n) is 1.14. The highest BCUT2D eigenvalue weighted by Crippen LogP contribution is 1.82. The van der Waals surface area contributed by atoms with Gasteiger partial charge in [-0.25, -0.2) is 0 Å². The second kappa shape index (κ2) is 6.82. The third kappa shape index (κ3) is 7.02. The molecule has 0 unspecified atom stereocenters. The predicted molar refractivity (Wildman–Crippen MR) is 49.2 cm³/mol. The van der Waals surface area contributed by atoms with E-state index in [4.69, 9.17) is 0 Å². The van der Waals surface area contributed by atoms with E-state index >= 15 is 0 Å². The van der Waals surface area contributed by atoms with E-state index in [0.717, 1.165) is 6.42 Å². The molecule has 0 saturated heterocycles. The predicted octanol–water partition coefficient (Wildman–Crippen LogP) is 0.158. The zero-order valence-corrected chi connectivity index (χ0v) is 8.20. The molecule has 1 rings (SSSR count).